The summed E-state index contributed by atoms with van der Waals surface area (Å²) in [6.45, 7) is 3.86. The van der Waals surface area contributed by atoms with E-state index in [1.54, 1.807) is 13.8 Å². The van der Waals surface area contributed by atoms with E-state index >= 15 is 0 Å². The summed E-state index contributed by atoms with van der Waals surface area (Å²) in [6.07, 6.45) is 5.01. The van der Waals surface area contributed by atoms with E-state index < -0.39 is 12.0 Å². The molecule has 0 radical (unpaired) electrons. The summed E-state index contributed by atoms with van der Waals surface area (Å²) in [5, 5.41) is 0. The number of likely N-dealkylation sites (tertiary alicyclic amines) is 1. The molecule has 0 bridgehead atoms. The van der Waals surface area contributed by atoms with Crippen molar-refractivity contribution < 1.29 is 8.78 Å². The molecule has 68 valence electrons. The molecule has 0 aromatic heterocycles. The Kier molecular flexibility index (Phi) is 2.27. The third-order valence-electron chi connectivity index (χ3n) is 2.25. The van der Waals surface area contributed by atoms with Crippen LogP contribution >= 0.6 is 0 Å². The highest BCUT2D eigenvalue weighted by molar-refractivity contribution is 5.03. The smallest absolute Gasteiger partial charge is 0.270 e. The number of hydrogen-bond acceptors (Lipinski definition) is 1. The molecular weight excluding hydrogens is 160 g/mol. The minimum Gasteiger partial charge on any atom is -0.323 e. The molecule has 1 heterocycles. The minimum atomic E-state index is -2.61. The molecule has 1 aliphatic heterocycles. The van der Waals surface area contributed by atoms with Gasteiger partial charge in [-0.3, -0.25) is 0 Å². The molecule has 0 aromatic rings. The van der Waals surface area contributed by atoms with Crippen molar-refractivity contribution in [3.05, 3.63) is 0 Å². The number of alkyl halides is 2. The van der Waals surface area contributed by atoms with Crippen LogP contribution in [0, 0.1) is 18.4 Å². The first kappa shape index (κ1) is 9.31. The second kappa shape index (κ2) is 2.93. The molecule has 1 saturated heterocycles. The Morgan fingerprint density at radius 1 is 1.58 bits per heavy atom. The molecule has 1 nitrogen and oxygen atoms in total. The van der Waals surface area contributed by atoms with Crippen molar-refractivity contribution in [2.45, 2.75) is 32.2 Å². The minimum absolute atomic E-state index is 0.0986. The third-order valence-corrected chi connectivity index (χ3v) is 2.25. The topological polar surface area (TPSA) is 3.24 Å². The van der Waals surface area contributed by atoms with Crippen molar-refractivity contribution in [1.29, 1.82) is 0 Å². The Bertz CT molecular complexity index is 205. The van der Waals surface area contributed by atoms with Crippen LogP contribution in [0.2, 0.25) is 0 Å². The monoisotopic (exact) mass is 173 g/mol. The van der Waals surface area contributed by atoms with Gasteiger partial charge in [-0.15, -0.1) is 0 Å². The molecule has 1 atom stereocenters. The average Bonchev–Trinajstić information content (AvgIpc) is 2.24. The number of rotatable bonds is 1. The fraction of sp³-hybridized carbons (Fsp3) is 0.778. The fourth-order valence-electron chi connectivity index (χ4n) is 1.78. The number of terminal acetylenes is 1. The van der Waals surface area contributed by atoms with E-state index in [1.165, 1.54) is 4.90 Å². The number of hydrogen-bond donors (Lipinski definition) is 0. The van der Waals surface area contributed by atoms with Gasteiger partial charge in [0.25, 0.3) is 5.92 Å². The van der Waals surface area contributed by atoms with Crippen molar-refractivity contribution in [3.63, 3.8) is 0 Å². The van der Waals surface area contributed by atoms with Gasteiger partial charge in [-0.25, -0.2) is 8.78 Å². The highest BCUT2D eigenvalue weighted by Crippen LogP contribution is 2.37. The predicted molar refractivity (Wildman–Crippen MR) is 43.7 cm³/mol. The summed E-state index contributed by atoms with van der Waals surface area (Å²) in [7, 11) is 0. The Morgan fingerprint density at radius 2 is 2.17 bits per heavy atom. The van der Waals surface area contributed by atoms with Gasteiger partial charge in [0, 0.05) is 19.0 Å². The van der Waals surface area contributed by atoms with Crippen LogP contribution in [0.3, 0.4) is 0 Å². The Labute approximate surface area is 71.7 Å². The predicted octanol–water partition coefficient (Wildman–Crippen LogP) is 1.94. The first-order valence-corrected chi connectivity index (χ1v) is 4.09. The average molecular weight is 173 g/mol. The molecule has 0 saturated carbocycles. The first-order chi connectivity index (χ1) is 5.49. The van der Waals surface area contributed by atoms with Crippen LogP contribution in [0.5, 0.6) is 0 Å². The van der Waals surface area contributed by atoms with E-state index in [4.69, 9.17) is 6.42 Å². The van der Waals surface area contributed by atoms with Crippen molar-refractivity contribution in [2.75, 3.05) is 6.54 Å². The molecule has 0 aromatic carbocycles. The molecule has 3 heteroatoms. The molecule has 0 aliphatic carbocycles. The fourth-order valence-corrected chi connectivity index (χ4v) is 1.78. The van der Waals surface area contributed by atoms with Crippen molar-refractivity contribution >= 4 is 0 Å². The Balaban J connectivity index is 2.82. The molecule has 1 aliphatic rings. The maximum absolute atomic E-state index is 13.2. The highest BCUT2D eigenvalue weighted by Gasteiger charge is 2.49. The standard InChI is InChI=1S/C9H13F2N/c1-4-12-6-5-9(10,11)8(12)7(2)3/h1,7-8H,5-6H2,2-3H3. The van der Waals surface area contributed by atoms with Crippen LogP contribution < -0.4 is 0 Å². The normalized spacial score (nSPS) is 27.7. The molecular formula is C9H13F2N. The summed E-state index contributed by atoms with van der Waals surface area (Å²) in [5.41, 5.74) is 0. The zero-order valence-corrected chi connectivity index (χ0v) is 7.35. The SMILES string of the molecule is C#CN1CCC(F)(F)C1C(C)C. The molecule has 0 amide bonds. The van der Waals surface area contributed by atoms with Gasteiger partial charge in [0.15, 0.2) is 0 Å². The summed E-state index contributed by atoms with van der Waals surface area (Å²) >= 11 is 0. The maximum Gasteiger partial charge on any atom is 0.270 e. The van der Waals surface area contributed by atoms with Crippen molar-refractivity contribution in [1.82, 2.24) is 4.90 Å². The van der Waals surface area contributed by atoms with Gasteiger partial charge >= 0.3 is 0 Å². The van der Waals surface area contributed by atoms with E-state index in [0.29, 0.717) is 6.54 Å². The lowest BCUT2D eigenvalue weighted by Gasteiger charge is -2.27. The number of nitrogens with zero attached hydrogens (tertiary/aromatic N) is 1. The van der Waals surface area contributed by atoms with Gasteiger partial charge in [0.1, 0.15) is 6.04 Å². The first-order valence-electron chi connectivity index (χ1n) is 4.09. The lowest BCUT2D eigenvalue weighted by molar-refractivity contribution is -0.0400. The maximum atomic E-state index is 13.2. The Hall–Kier alpha value is -0.780. The summed E-state index contributed by atoms with van der Waals surface area (Å²) in [5.74, 6) is -2.71. The molecule has 0 N–H and O–H groups in total. The van der Waals surface area contributed by atoms with Gasteiger partial charge in [0.05, 0.1) is 0 Å². The third kappa shape index (κ3) is 1.38. The highest BCUT2D eigenvalue weighted by atomic mass is 19.3. The second-order valence-electron chi connectivity index (χ2n) is 3.52. The quantitative estimate of drug-likeness (QED) is 0.548. The van der Waals surface area contributed by atoms with Crippen LogP contribution in [-0.2, 0) is 0 Å². The summed E-state index contributed by atoms with van der Waals surface area (Å²) in [6, 6.07) is 1.53. The van der Waals surface area contributed by atoms with Crippen LogP contribution in [0.4, 0.5) is 8.78 Å². The number of halogens is 2. The summed E-state index contributed by atoms with van der Waals surface area (Å²) < 4.78 is 26.3. The largest absolute Gasteiger partial charge is 0.323 e. The van der Waals surface area contributed by atoms with Gasteiger partial charge in [-0.05, 0) is 5.92 Å². The van der Waals surface area contributed by atoms with E-state index in [-0.39, 0.29) is 12.3 Å². The second-order valence-corrected chi connectivity index (χ2v) is 3.52. The molecule has 1 unspecified atom stereocenters. The lowest BCUT2D eigenvalue weighted by atomic mass is 9.99. The van der Waals surface area contributed by atoms with Crippen molar-refractivity contribution in [3.8, 4) is 12.5 Å². The van der Waals surface area contributed by atoms with Gasteiger partial charge in [-0.2, -0.15) is 0 Å². The van der Waals surface area contributed by atoms with Crippen LogP contribution in [0.1, 0.15) is 20.3 Å². The summed E-state index contributed by atoms with van der Waals surface area (Å²) in [4.78, 5) is 1.41. The van der Waals surface area contributed by atoms with Gasteiger partial charge in [-0.1, -0.05) is 20.3 Å². The molecule has 0 spiro atoms. The van der Waals surface area contributed by atoms with Gasteiger partial charge < -0.3 is 4.90 Å². The molecule has 1 rings (SSSR count). The van der Waals surface area contributed by atoms with Crippen LogP contribution in [0.15, 0.2) is 0 Å². The molecule has 1 fully saturated rings. The van der Waals surface area contributed by atoms with Gasteiger partial charge in [0.2, 0.25) is 0 Å². The van der Waals surface area contributed by atoms with E-state index in [1.807, 2.05) is 0 Å². The zero-order valence-electron chi connectivity index (χ0n) is 7.35. The van der Waals surface area contributed by atoms with Crippen molar-refractivity contribution in [2.24, 2.45) is 5.92 Å². The lowest BCUT2D eigenvalue weighted by Crippen LogP contribution is -2.40. The van der Waals surface area contributed by atoms with Crippen LogP contribution in [-0.4, -0.2) is 23.4 Å². The van der Waals surface area contributed by atoms with Crippen LogP contribution in [0.25, 0.3) is 0 Å². The van der Waals surface area contributed by atoms with E-state index in [9.17, 15) is 8.78 Å². The van der Waals surface area contributed by atoms with E-state index in [2.05, 4.69) is 6.04 Å². The Morgan fingerprint density at radius 3 is 2.50 bits per heavy atom. The van der Waals surface area contributed by atoms with E-state index in [0.717, 1.165) is 0 Å². The molecule has 12 heavy (non-hydrogen) atoms. The zero-order chi connectivity index (χ0) is 9.35.